The van der Waals surface area contributed by atoms with E-state index in [-0.39, 0.29) is 11.7 Å². The standard InChI is InChI=1S/C10H20O4S/c1-3-9(2)8-14-10(11)6-4-5-7-15(12)13/h9H,3-8H2,1-2H3,(H,12,13). The van der Waals surface area contributed by atoms with Gasteiger partial charge in [-0.3, -0.25) is 4.79 Å². The van der Waals surface area contributed by atoms with E-state index in [0.29, 0.717) is 31.8 Å². The Hall–Kier alpha value is -0.420. The van der Waals surface area contributed by atoms with Gasteiger partial charge in [0.15, 0.2) is 11.1 Å². The first-order chi connectivity index (χ1) is 7.06. The highest BCUT2D eigenvalue weighted by atomic mass is 32.2. The number of ether oxygens (including phenoxy) is 1. The van der Waals surface area contributed by atoms with Crippen LogP contribution in [0.25, 0.3) is 0 Å². The molecule has 0 aliphatic rings. The molecule has 0 heterocycles. The summed E-state index contributed by atoms with van der Waals surface area (Å²) in [5.74, 6) is 0.427. The second-order valence-corrected chi connectivity index (χ2v) is 4.73. The van der Waals surface area contributed by atoms with E-state index in [0.717, 1.165) is 6.42 Å². The Labute approximate surface area is 93.7 Å². The predicted octanol–water partition coefficient (Wildman–Crippen LogP) is 1.97. The van der Waals surface area contributed by atoms with Crippen LogP contribution in [-0.4, -0.2) is 27.1 Å². The molecule has 0 aliphatic carbocycles. The minimum absolute atomic E-state index is 0.209. The number of rotatable bonds is 8. The minimum Gasteiger partial charge on any atom is -0.465 e. The van der Waals surface area contributed by atoms with E-state index in [4.69, 9.17) is 9.29 Å². The van der Waals surface area contributed by atoms with E-state index in [2.05, 4.69) is 6.92 Å². The molecule has 15 heavy (non-hydrogen) atoms. The quantitative estimate of drug-likeness (QED) is 0.397. The number of carbonyl (C=O) groups excluding carboxylic acids is 1. The molecule has 0 bridgehead atoms. The van der Waals surface area contributed by atoms with Gasteiger partial charge in [0.1, 0.15) is 0 Å². The van der Waals surface area contributed by atoms with Gasteiger partial charge in [0.25, 0.3) is 0 Å². The molecule has 0 fully saturated rings. The van der Waals surface area contributed by atoms with Crippen molar-refractivity contribution in [3.05, 3.63) is 0 Å². The molecule has 0 saturated heterocycles. The van der Waals surface area contributed by atoms with E-state index in [1.165, 1.54) is 0 Å². The maximum absolute atomic E-state index is 11.1. The van der Waals surface area contributed by atoms with Gasteiger partial charge < -0.3 is 9.29 Å². The SMILES string of the molecule is CCC(C)COC(=O)CCCCS(=O)O. The molecule has 4 nitrogen and oxygen atoms in total. The maximum Gasteiger partial charge on any atom is 0.305 e. The fourth-order valence-electron chi connectivity index (χ4n) is 0.920. The average molecular weight is 236 g/mol. The van der Waals surface area contributed by atoms with Gasteiger partial charge in [-0.05, 0) is 18.8 Å². The van der Waals surface area contributed by atoms with Crippen LogP contribution in [0.5, 0.6) is 0 Å². The van der Waals surface area contributed by atoms with Gasteiger partial charge in [0.2, 0.25) is 0 Å². The van der Waals surface area contributed by atoms with Gasteiger partial charge >= 0.3 is 5.97 Å². The van der Waals surface area contributed by atoms with E-state index in [1.54, 1.807) is 0 Å². The van der Waals surface area contributed by atoms with Crippen molar-refractivity contribution in [1.82, 2.24) is 0 Å². The monoisotopic (exact) mass is 236 g/mol. The molecule has 0 rings (SSSR count). The van der Waals surface area contributed by atoms with Crippen LogP contribution in [0, 0.1) is 5.92 Å². The van der Waals surface area contributed by atoms with Crippen molar-refractivity contribution >= 4 is 17.0 Å². The molecular weight excluding hydrogens is 216 g/mol. The summed E-state index contributed by atoms with van der Waals surface area (Å²) in [5, 5.41) is 0. The lowest BCUT2D eigenvalue weighted by Crippen LogP contribution is -2.11. The van der Waals surface area contributed by atoms with Crippen LogP contribution in [-0.2, 0) is 20.6 Å². The topological polar surface area (TPSA) is 63.6 Å². The summed E-state index contributed by atoms with van der Waals surface area (Å²) in [6.45, 7) is 4.55. The third-order valence-corrected chi connectivity index (χ3v) is 2.81. The van der Waals surface area contributed by atoms with Crippen molar-refractivity contribution in [1.29, 1.82) is 0 Å². The first kappa shape index (κ1) is 14.6. The molecule has 2 atom stereocenters. The van der Waals surface area contributed by atoms with Gasteiger partial charge in [-0.1, -0.05) is 20.3 Å². The second kappa shape index (κ2) is 8.85. The fourth-order valence-corrected chi connectivity index (χ4v) is 1.37. The van der Waals surface area contributed by atoms with Crippen LogP contribution < -0.4 is 0 Å². The summed E-state index contributed by atoms with van der Waals surface area (Å²) >= 11 is -1.74. The summed E-state index contributed by atoms with van der Waals surface area (Å²) in [7, 11) is 0. The number of unbranched alkanes of at least 4 members (excludes halogenated alkanes) is 1. The molecule has 5 heteroatoms. The first-order valence-electron chi connectivity index (χ1n) is 5.29. The maximum atomic E-state index is 11.1. The zero-order valence-electron chi connectivity index (χ0n) is 9.40. The molecular formula is C10H20O4S. The molecule has 0 aromatic rings. The highest BCUT2D eigenvalue weighted by molar-refractivity contribution is 7.79. The van der Waals surface area contributed by atoms with E-state index in [1.807, 2.05) is 6.92 Å². The smallest absolute Gasteiger partial charge is 0.305 e. The minimum atomic E-state index is -1.74. The van der Waals surface area contributed by atoms with Crippen LogP contribution in [0.1, 0.15) is 39.5 Å². The third-order valence-electron chi connectivity index (χ3n) is 2.18. The van der Waals surface area contributed by atoms with Gasteiger partial charge in [-0.15, -0.1) is 0 Å². The number of hydrogen-bond donors (Lipinski definition) is 1. The van der Waals surface area contributed by atoms with E-state index in [9.17, 15) is 9.00 Å². The van der Waals surface area contributed by atoms with Crippen molar-refractivity contribution in [2.75, 3.05) is 12.4 Å². The average Bonchev–Trinajstić information content (AvgIpc) is 2.20. The predicted molar refractivity (Wildman–Crippen MR) is 59.9 cm³/mol. The highest BCUT2D eigenvalue weighted by Gasteiger charge is 2.05. The number of hydrogen-bond acceptors (Lipinski definition) is 3. The van der Waals surface area contributed by atoms with E-state index < -0.39 is 11.1 Å². The van der Waals surface area contributed by atoms with Crippen molar-refractivity contribution in [3.63, 3.8) is 0 Å². The largest absolute Gasteiger partial charge is 0.465 e. The Kier molecular flexibility index (Phi) is 8.61. The highest BCUT2D eigenvalue weighted by Crippen LogP contribution is 2.04. The summed E-state index contributed by atoms with van der Waals surface area (Å²) in [4.78, 5) is 11.1. The van der Waals surface area contributed by atoms with Gasteiger partial charge in [-0.2, -0.15) is 0 Å². The van der Waals surface area contributed by atoms with Crippen molar-refractivity contribution < 1.29 is 18.3 Å². The molecule has 0 spiro atoms. The third kappa shape index (κ3) is 9.87. The summed E-state index contributed by atoms with van der Waals surface area (Å²) in [5.41, 5.74) is 0. The number of carbonyl (C=O) groups is 1. The van der Waals surface area contributed by atoms with Gasteiger partial charge in [0.05, 0.1) is 6.61 Å². The van der Waals surface area contributed by atoms with Crippen LogP contribution in [0.3, 0.4) is 0 Å². The molecule has 90 valence electrons. The Bertz CT molecular complexity index is 206. The van der Waals surface area contributed by atoms with Gasteiger partial charge in [0, 0.05) is 12.2 Å². The Morgan fingerprint density at radius 3 is 2.67 bits per heavy atom. The first-order valence-corrected chi connectivity index (χ1v) is 6.57. The normalized spacial score (nSPS) is 14.6. The van der Waals surface area contributed by atoms with Crippen LogP contribution in [0.2, 0.25) is 0 Å². The Balaban J connectivity index is 3.37. The van der Waals surface area contributed by atoms with Crippen LogP contribution in [0.4, 0.5) is 0 Å². The van der Waals surface area contributed by atoms with E-state index >= 15 is 0 Å². The van der Waals surface area contributed by atoms with Crippen molar-refractivity contribution in [2.24, 2.45) is 5.92 Å². The number of esters is 1. The van der Waals surface area contributed by atoms with Crippen molar-refractivity contribution in [2.45, 2.75) is 39.5 Å². The van der Waals surface area contributed by atoms with Crippen LogP contribution in [0.15, 0.2) is 0 Å². The van der Waals surface area contributed by atoms with Crippen LogP contribution >= 0.6 is 0 Å². The molecule has 0 radical (unpaired) electrons. The molecule has 2 unspecified atom stereocenters. The Morgan fingerprint density at radius 2 is 2.13 bits per heavy atom. The Morgan fingerprint density at radius 1 is 1.47 bits per heavy atom. The van der Waals surface area contributed by atoms with Crippen molar-refractivity contribution in [3.8, 4) is 0 Å². The molecule has 0 aromatic heterocycles. The second-order valence-electron chi connectivity index (χ2n) is 3.68. The summed E-state index contributed by atoms with van der Waals surface area (Å²) < 4.78 is 23.8. The molecule has 1 N–H and O–H groups in total. The molecule has 0 aliphatic heterocycles. The molecule has 0 aromatic carbocycles. The lowest BCUT2D eigenvalue weighted by molar-refractivity contribution is -0.145. The zero-order valence-corrected chi connectivity index (χ0v) is 10.2. The van der Waals surface area contributed by atoms with Gasteiger partial charge in [-0.25, -0.2) is 4.21 Å². The molecule has 0 saturated carbocycles. The summed E-state index contributed by atoms with van der Waals surface area (Å²) in [6.07, 6.45) is 2.54. The zero-order chi connectivity index (χ0) is 11.7. The molecule has 0 amide bonds. The summed E-state index contributed by atoms with van der Waals surface area (Å²) in [6, 6.07) is 0. The lowest BCUT2D eigenvalue weighted by Gasteiger charge is -2.09. The lowest BCUT2D eigenvalue weighted by atomic mass is 10.1. The fraction of sp³-hybridized carbons (Fsp3) is 0.900.